The van der Waals surface area contributed by atoms with Crippen molar-refractivity contribution >= 4 is 45.5 Å². The van der Waals surface area contributed by atoms with Crippen molar-refractivity contribution < 1.29 is 9.47 Å². The Kier molecular flexibility index (Phi) is 4.46. The van der Waals surface area contributed by atoms with Crippen molar-refractivity contribution in [2.45, 2.75) is 0 Å². The number of benzene rings is 2. The van der Waals surface area contributed by atoms with Crippen LogP contribution >= 0.6 is 23.2 Å². The Morgan fingerprint density at radius 2 is 1.70 bits per heavy atom. The van der Waals surface area contributed by atoms with E-state index in [9.17, 15) is 0 Å². The molecule has 3 rings (SSSR count). The Morgan fingerprint density at radius 1 is 0.957 bits per heavy atom. The number of halogens is 2. The lowest BCUT2D eigenvalue weighted by Crippen LogP contribution is -1.97. The first kappa shape index (κ1) is 15.7. The van der Waals surface area contributed by atoms with Crippen molar-refractivity contribution in [1.29, 1.82) is 0 Å². The molecule has 3 aromatic rings. The molecule has 0 saturated heterocycles. The number of hydrogen-bond donors (Lipinski definition) is 1. The lowest BCUT2D eigenvalue weighted by molar-refractivity contribution is 0.358. The van der Waals surface area contributed by atoms with Gasteiger partial charge in [0.05, 0.1) is 30.0 Å². The number of methoxy groups -OCH3 is 2. The third kappa shape index (κ3) is 2.87. The number of rotatable bonds is 4. The van der Waals surface area contributed by atoms with E-state index in [4.69, 9.17) is 32.7 Å². The highest BCUT2D eigenvalue weighted by Gasteiger charge is 2.14. The van der Waals surface area contributed by atoms with Crippen LogP contribution < -0.4 is 14.8 Å². The first-order valence-electron chi connectivity index (χ1n) is 6.86. The number of pyridine rings is 1. The quantitative estimate of drug-likeness (QED) is 0.694. The van der Waals surface area contributed by atoms with Crippen molar-refractivity contribution in [3.05, 3.63) is 52.6 Å². The third-order valence-corrected chi connectivity index (χ3v) is 4.11. The van der Waals surface area contributed by atoms with E-state index in [1.54, 1.807) is 38.6 Å². The molecular formula is C17H14Cl2N2O2. The van der Waals surface area contributed by atoms with Crippen LogP contribution in [0.3, 0.4) is 0 Å². The highest BCUT2D eigenvalue weighted by molar-refractivity contribution is 6.39. The SMILES string of the molecule is COc1ccc2c(Nc3c(Cl)cccc3Cl)ccnc2c1OC. The second kappa shape index (κ2) is 6.52. The second-order valence-corrected chi connectivity index (χ2v) is 5.59. The van der Waals surface area contributed by atoms with Crippen molar-refractivity contribution in [3.63, 3.8) is 0 Å². The zero-order valence-electron chi connectivity index (χ0n) is 12.6. The summed E-state index contributed by atoms with van der Waals surface area (Å²) in [6.45, 7) is 0. The van der Waals surface area contributed by atoms with E-state index in [0.717, 1.165) is 11.1 Å². The number of para-hydroxylation sites is 1. The molecule has 0 unspecified atom stereocenters. The Hall–Kier alpha value is -2.17. The van der Waals surface area contributed by atoms with Gasteiger partial charge in [-0.1, -0.05) is 29.3 Å². The number of nitrogens with one attached hydrogen (secondary N) is 1. The van der Waals surface area contributed by atoms with Gasteiger partial charge in [0.2, 0.25) is 0 Å². The minimum absolute atomic E-state index is 0.544. The standard InChI is InChI=1S/C17H14Cl2N2O2/c1-22-14-7-6-10-13(8-9-20-15(10)17(14)23-2)21-16-11(18)4-3-5-12(16)19/h3-9H,1-2H3,(H,20,21). The van der Waals surface area contributed by atoms with Crippen LogP contribution in [0.5, 0.6) is 11.5 Å². The van der Waals surface area contributed by atoms with E-state index in [2.05, 4.69) is 10.3 Å². The fraction of sp³-hybridized carbons (Fsp3) is 0.118. The lowest BCUT2D eigenvalue weighted by atomic mass is 10.1. The van der Waals surface area contributed by atoms with Gasteiger partial charge in [-0.25, -0.2) is 0 Å². The minimum atomic E-state index is 0.544. The molecule has 6 heteroatoms. The van der Waals surface area contributed by atoms with Crippen molar-refractivity contribution in [2.24, 2.45) is 0 Å². The molecule has 1 N–H and O–H groups in total. The summed E-state index contributed by atoms with van der Waals surface area (Å²) >= 11 is 12.5. The number of nitrogens with zero attached hydrogens (tertiary/aromatic N) is 1. The van der Waals surface area contributed by atoms with E-state index in [1.807, 2.05) is 18.2 Å². The fourth-order valence-corrected chi connectivity index (χ4v) is 2.89. The van der Waals surface area contributed by atoms with E-state index in [1.165, 1.54) is 0 Å². The Bertz CT molecular complexity index is 848. The van der Waals surface area contributed by atoms with Crippen LogP contribution in [0.25, 0.3) is 10.9 Å². The minimum Gasteiger partial charge on any atom is -0.493 e. The van der Waals surface area contributed by atoms with E-state index < -0.39 is 0 Å². The van der Waals surface area contributed by atoms with E-state index >= 15 is 0 Å². The Labute approximate surface area is 144 Å². The molecule has 23 heavy (non-hydrogen) atoms. The van der Waals surface area contributed by atoms with Crippen LogP contribution in [0, 0.1) is 0 Å². The number of anilines is 2. The van der Waals surface area contributed by atoms with Crippen LogP contribution in [0.1, 0.15) is 0 Å². The first-order chi connectivity index (χ1) is 11.2. The Balaban J connectivity index is 2.16. The lowest BCUT2D eigenvalue weighted by Gasteiger charge is -2.15. The molecule has 1 heterocycles. The normalized spacial score (nSPS) is 10.6. The van der Waals surface area contributed by atoms with Crippen molar-refractivity contribution in [3.8, 4) is 11.5 Å². The topological polar surface area (TPSA) is 43.4 Å². The second-order valence-electron chi connectivity index (χ2n) is 4.78. The summed E-state index contributed by atoms with van der Waals surface area (Å²) in [7, 11) is 3.18. The largest absolute Gasteiger partial charge is 0.493 e. The van der Waals surface area contributed by atoms with Crippen LogP contribution in [0.4, 0.5) is 11.4 Å². The molecule has 0 aliphatic rings. The van der Waals surface area contributed by atoms with Gasteiger partial charge in [0.25, 0.3) is 0 Å². The molecule has 0 aliphatic heterocycles. The van der Waals surface area contributed by atoms with Crippen LogP contribution in [-0.4, -0.2) is 19.2 Å². The van der Waals surface area contributed by atoms with Gasteiger partial charge >= 0.3 is 0 Å². The highest BCUT2D eigenvalue weighted by Crippen LogP contribution is 2.39. The van der Waals surface area contributed by atoms with Crippen molar-refractivity contribution in [2.75, 3.05) is 19.5 Å². The molecule has 0 amide bonds. The summed E-state index contributed by atoms with van der Waals surface area (Å²) in [5, 5.41) is 5.24. The zero-order chi connectivity index (χ0) is 16.4. The summed E-state index contributed by atoms with van der Waals surface area (Å²) in [5.74, 6) is 1.21. The molecule has 1 aromatic heterocycles. The van der Waals surface area contributed by atoms with Gasteiger partial charge in [0, 0.05) is 17.3 Å². The van der Waals surface area contributed by atoms with Gasteiger partial charge in [-0.05, 0) is 30.3 Å². The fourth-order valence-electron chi connectivity index (χ4n) is 2.39. The summed E-state index contributed by atoms with van der Waals surface area (Å²) in [5.41, 5.74) is 2.17. The first-order valence-corrected chi connectivity index (χ1v) is 7.62. The maximum absolute atomic E-state index is 6.23. The van der Waals surface area contributed by atoms with Gasteiger partial charge < -0.3 is 14.8 Å². The summed E-state index contributed by atoms with van der Waals surface area (Å²) in [4.78, 5) is 4.40. The van der Waals surface area contributed by atoms with Gasteiger partial charge in [-0.2, -0.15) is 0 Å². The smallest absolute Gasteiger partial charge is 0.187 e. The number of aromatic nitrogens is 1. The molecule has 0 aliphatic carbocycles. The van der Waals surface area contributed by atoms with Gasteiger partial charge in [0.15, 0.2) is 11.5 Å². The molecular weight excluding hydrogens is 335 g/mol. The average Bonchev–Trinajstić information content (AvgIpc) is 2.57. The van der Waals surface area contributed by atoms with Crippen LogP contribution in [-0.2, 0) is 0 Å². The maximum atomic E-state index is 6.23. The molecule has 0 radical (unpaired) electrons. The molecule has 0 atom stereocenters. The van der Waals surface area contributed by atoms with E-state index in [-0.39, 0.29) is 0 Å². The molecule has 0 saturated carbocycles. The average molecular weight is 349 g/mol. The van der Waals surface area contributed by atoms with E-state index in [0.29, 0.717) is 32.7 Å². The van der Waals surface area contributed by atoms with Crippen LogP contribution in [0.15, 0.2) is 42.6 Å². The molecule has 4 nitrogen and oxygen atoms in total. The highest BCUT2D eigenvalue weighted by atomic mass is 35.5. The monoisotopic (exact) mass is 348 g/mol. The van der Waals surface area contributed by atoms with Gasteiger partial charge in [-0.3, -0.25) is 4.98 Å². The number of ether oxygens (including phenoxy) is 2. The molecule has 0 bridgehead atoms. The van der Waals surface area contributed by atoms with Gasteiger partial charge in [-0.15, -0.1) is 0 Å². The van der Waals surface area contributed by atoms with Crippen molar-refractivity contribution in [1.82, 2.24) is 4.98 Å². The Morgan fingerprint density at radius 3 is 2.35 bits per heavy atom. The predicted molar refractivity (Wildman–Crippen MR) is 94.6 cm³/mol. The maximum Gasteiger partial charge on any atom is 0.187 e. The number of fused-ring (bicyclic) bond motifs is 1. The summed E-state index contributed by atoms with van der Waals surface area (Å²) in [6.07, 6.45) is 1.69. The van der Waals surface area contributed by atoms with Crippen LogP contribution in [0.2, 0.25) is 10.0 Å². The third-order valence-electron chi connectivity index (χ3n) is 3.48. The van der Waals surface area contributed by atoms with Gasteiger partial charge in [0.1, 0.15) is 5.52 Å². The summed E-state index contributed by atoms with van der Waals surface area (Å²) < 4.78 is 10.7. The molecule has 2 aromatic carbocycles. The number of hydrogen-bond acceptors (Lipinski definition) is 4. The molecule has 118 valence electrons. The summed E-state index contributed by atoms with van der Waals surface area (Å²) in [6, 6.07) is 11.0. The predicted octanol–water partition coefficient (Wildman–Crippen LogP) is 5.30. The zero-order valence-corrected chi connectivity index (χ0v) is 14.1. The molecule has 0 spiro atoms. The molecule has 0 fully saturated rings.